The maximum atomic E-state index is 4.77. The minimum atomic E-state index is -2.30. The Bertz CT molecular complexity index is 404. The van der Waals surface area contributed by atoms with Gasteiger partial charge in [-0.1, -0.05) is 0 Å². The van der Waals surface area contributed by atoms with E-state index in [2.05, 4.69) is 46.3 Å². The van der Waals surface area contributed by atoms with Crippen LogP contribution >= 0.6 is 0 Å². The minimum absolute atomic E-state index is 0. The Morgan fingerprint density at radius 1 is 0.864 bits per heavy atom. The van der Waals surface area contributed by atoms with E-state index in [0.717, 1.165) is 0 Å². The SMILES string of the molecule is CCC[CH2][Sn]([CH2]CCC)([CH2]CCC)[c]1c(C)c(C)nn1C.N. The summed E-state index contributed by atoms with van der Waals surface area (Å²) in [5, 5.41) is 4.77. The number of hydrogen-bond donors (Lipinski definition) is 1. The summed E-state index contributed by atoms with van der Waals surface area (Å²) in [7, 11) is 2.20. The smallest absolute Gasteiger partial charge is 0.344 e. The van der Waals surface area contributed by atoms with Crippen LogP contribution in [0.3, 0.4) is 0 Å². The van der Waals surface area contributed by atoms with Gasteiger partial charge in [-0.05, 0) is 0 Å². The van der Waals surface area contributed by atoms with Crippen LogP contribution < -0.4 is 9.86 Å². The molecule has 130 valence electrons. The van der Waals surface area contributed by atoms with Gasteiger partial charge in [0.05, 0.1) is 0 Å². The number of aryl methyl sites for hydroxylation is 2. The van der Waals surface area contributed by atoms with Crippen LogP contribution in [0.15, 0.2) is 0 Å². The van der Waals surface area contributed by atoms with Gasteiger partial charge in [-0.15, -0.1) is 0 Å². The summed E-state index contributed by atoms with van der Waals surface area (Å²) in [6.07, 6.45) is 8.29. The van der Waals surface area contributed by atoms with Crippen molar-refractivity contribution in [1.29, 1.82) is 0 Å². The van der Waals surface area contributed by atoms with Crippen LogP contribution in [0.4, 0.5) is 0 Å². The van der Waals surface area contributed by atoms with E-state index < -0.39 is 18.4 Å². The summed E-state index contributed by atoms with van der Waals surface area (Å²) in [5.74, 6) is 0. The number of nitrogens with zero attached hydrogens (tertiary/aromatic N) is 2. The Labute approximate surface area is 142 Å². The predicted octanol–water partition coefficient (Wildman–Crippen LogP) is 5.26. The van der Waals surface area contributed by atoms with Crippen LogP contribution in [0.1, 0.15) is 70.6 Å². The summed E-state index contributed by atoms with van der Waals surface area (Å²) >= 11 is -2.30. The van der Waals surface area contributed by atoms with Crippen molar-refractivity contribution in [1.82, 2.24) is 15.9 Å². The average molecular weight is 416 g/mol. The molecular formula is C18H39N3Sn. The number of unbranched alkanes of at least 4 members (excludes halogenated alkanes) is 3. The molecule has 1 aromatic heterocycles. The molecule has 0 aliphatic rings. The summed E-state index contributed by atoms with van der Waals surface area (Å²) in [5.41, 5.74) is 2.79. The third-order valence-corrected chi connectivity index (χ3v) is 21.1. The van der Waals surface area contributed by atoms with Crippen molar-refractivity contribution in [2.45, 2.75) is 86.5 Å². The molecule has 3 N–H and O–H groups in total. The fourth-order valence-electron chi connectivity index (χ4n) is 3.78. The third-order valence-electron chi connectivity index (χ3n) is 5.05. The Balaban J connectivity index is 0.00000441. The topological polar surface area (TPSA) is 52.8 Å². The van der Waals surface area contributed by atoms with E-state index in [4.69, 9.17) is 5.10 Å². The molecule has 0 atom stereocenters. The van der Waals surface area contributed by atoms with Crippen molar-refractivity contribution in [2.75, 3.05) is 0 Å². The Hall–Kier alpha value is -0.0313. The number of aromatic nitrogens is 2. The molecule has 0 bridgehead atoms. The van der Waals surface area contributed by atoms with Crippen molar-refractivity contribution in [3.8, 4) is 0 Å². The molecule has 1 aromatic rings. The van der Waals surface area contributed by atoms with Crippen LogP contribution in [-0.4, -0.2) is 28.2 Å². The van der Waals surface area contributed by atoms with Gasteiger partial charge in [0.1, 0.15) is 0 Å². The fraction of sp³-hybridized carbons (Fsp3) is 0.833. The maximum absolute atomic E-state index is 4.77. The number of rotatable bonds is 10. The van der Waals surface area contributed by atoms with Gasteiger partial charge < -0.3 is 6.15 Å². The largest absolute Gasteiger partial charge is 0.344 e. The molecule has 0 aliphatic heterocycles. The molecule has 1 rings (SSSR count). The summed E-state index contributed by atoms with van der Waals surface area (Å²) in [4.78, 5) is 0. The second-order valence-corrected chi connectivity index (χ2v) is 19.7. The van der Waals surface area contributed by atoms with Crippen molar-refractivity contribution < 1.29 is 0 Å². The molecule has 0 radical (unpaired) electrons. The molecule has 0 fully saturated rings. The van der Waals surface area contributed by atoms with E-state index in [1.54, 1.807) is 3.71 Å². The first-order valence-corrected chi connectivity index (χ1v) is 16.5. The molecule has 0 saturated heterocycles. The van der Waals surface area contributed by atoms with E-state index in [1.165, 1.54) is 63.1 Å². The van der Waals surface area contributed by atoms with E-state index in [9.17, 15) is 0 Å². The zero-order valence-corrected chi connectivity index (χ0v) is 18.8. The minimum Gasteiger partial charge on any atom is -0.344 e. The predicted molar refractivity (Wildman–Crippen MR) is 102 cm³/mol. The second-order valence-electron chi connectivity index (χ2n) is 6.77. The Kier molecular flexibility index (Phi) is 10.7. The first-order chi connectivity index (χ1) is 10.0. The van der Waals surface area contributed by atoms with Gasteiger partial charge in [0.25, 0.3) is 0 Å². The summed E-state index contributed by atoms with van der Waals surface area (Å²) in [6.45, 7) is 11.6. The average Bonchev–Trinajstić information content (AvgIpc) is 2.73. The van der Waals surface area contributed by atoms with Crippen molar-refractivity contribution in [3.05, 3.63) is 11.3 Å². The van der Waals surface area contributed by atoms with Gasteiger partial charge in [-0.25, -0.2) is 0 Å². The summed E-state index contributed by atoms with van der Waals surface area (Å²) < 4.78 is 8.61. The Morgan fingerprint density at radius 3 is 1.55 bits per heavy atom. The molecule has 0 amide bonds. The van der Waals surface area contributed by atoms with Gasteiger partial charge >= 0.3 is 137 Å². The molecule has 3 nitrogen and oxygen atoms in total. The van der Waals surface area contributed by atoms with Crippen LogP contribution in [0.5, 0.6) is 0 Å². The van der Waals surface area contributed by atoms with Crippen LogP contribution in [-0.2, 0) is 7.05 Å². The molecule has 0 unspecified atom stereocenters. The number of hydrogen-bond acceptors (Lipinski definition) is 2. The quantitative estimate of drug-likeness (QED) is 0.530. The van der Waals surface area contributed by atoms with Gasteiger partial charge in [0, 0.05) is 0 Å². The first-order valence-electron chi connectivity index (χ1n) is 9.03. The molecule has 0 aliphatic carbocycles. The zero-order chi connectivity index (χ0) is 15.9. The van der Waals surface area contributed by atoms with Gasteiger partial charge in [0.15, 0.2) is 0 Å². The van der Waals surface area contributed by atoms with Crippen LogP contribution in [0.25, 0.3) is 0 Å². The van der Waals surface area contributed by atoms with Crippen LogP contribution in [0, 0.1) is 13.8 Å². The fourth-order valence-corrected chi connectivity index (χ4v) is 21.7. The van der Waals surface area contributed by atoms with Gasteiger partial charge in [0.2, 0.25) is 0 Å². The Morgan fingerprint density at radius 2 is 1.27 bits per heavy atom. The van der Waals surface area contributed by atoms with Crippen molar-refractivity contribution >= 4 is 22.1 Å². The standard InChI is InChI=1S/C6H9N2.3C4H9.H3N.Sn/c1-5-4-8(3)7-6(5)2;3*1-3-4-2;;/h1-3H3;3*1,3-4H2,2H3;1H3;. The molecule has 4 heteroatoms. The zero-order valence-electron chi connectivity index (χ0n) is 16.0. The molecule has 22 heavy (non-hydrogen) atoms. The van der Waals surface area contributed by atoms with Crippen molar-refractivity contribution in [2.24, 2.45) is 7.05 Å². The molecule has 0 spiro atoms. The van der Waals surface area contributed by atoms with Gasteiger partial charge in [-0.2, -0.15) is 0 Å². The molecule has 0 aromatic carbocycles. The van der Waals surface area contributed by atoms with Crippen LogP contribution in [0.2, 0.25) is 13.3 Å². The maximum Gasteiger partial charge on any atom is -0.344 e. The molecular weight excluding hydrogens is 377 g/mol. The van der Waals surface area contributed by atoms with Crippen molar-refractivity contribution in [3.63, 3.8) is 0 Å². The van der Waals surface area contributed by atoms with E-state index in [-0.39, 0.29) is 6.15 Å². The van der Waals surface area contributed by atoms with E-state index >= 15 is 0 Å². The normalized spacial score (nSPS) is 11.5. The molecule has 0 saturated carbocycles. The van der Waals surface area contributed by atoms with Gasteiger partial charge in [-0.3, -0.25) is 0 Å². The third kappa shape index (κ3) is 5.26. The first kappa shape index (κ1) is 22.0. The second kappa shape index (κ2) is 10.7. The summed E-state index contributed by atoms with van der Waals surface area (Å²) in [6, 6.07) is 0. The molecule has 1 heterocycles. The monoisotopic (exact) mass is 417 g/mol. The van der Waals surface area contributed by atoms with E-state index in [0.29, 0.717) is 0 Å². The van der Waals surface area contributed by atoms with E-state index in [1.807, 2.05) is 0 Å².